The molecule has 22 heavy (non-hydrogen) atoms. The molecule has 0 bridgehead atoms. The van der Waals surface area contributed by atoms with Crippen LogP contribution in [-0.4, -0.2) is 31.1 Å². The maximum absolute atomic E-state index is 6.04. The summed E-state index contributed by atoms with van der Waals surface area (Å²) >= 11 is 13.6. The van der Waals surface area contributed by atoms with Gasteiger partial charge in [0.2, 0.25) is 0 Å². The third kappa shape index (κ3) is 5.36. The van der Waals surface area contributed by atoms with E-state index in [0.29, 0.717) is 29.0 Å². The second-order valence-corrected chi connectivity index (χ2v) is 6.22. The Morgan fingerprint density at radius 3 is 2.86 bits per heavy atom. The Hall–Kier alpha value is -1.50. The first-order valence-electron chi connectivity index (χ1n) is 6.71. The number of anilines is 1. The molecular weight excluding hydrogens is 341 g/mol. The topological polar surface area (TPSA) is 61.3 Å². The highest BCUT2D eigenvalue weighted by Crippen LogP contribution is 2.21. The molecule has 0 aromatic carbocycles. The Kier molecular flexibility index (Phi) is 6.76. The molecule has 0 fully saturated rings. The van der Waals surface area contributed by atoms with Gasteiger partial charge in [-0.05, 0) is 17.5 Å². The van der Waals surface area contributed by atoms with Crippen LogP contribution in [0.3, 0.4) is 0 Å². The minimum atomic E-state index is 0.507. The largest absolute Gasteiger partial charge is 0.367 e. The second-order valence-electron chi connectivity index (χ2n) is 4.34. The zero-order valence-electron chi connectivity index (χ0n) is 12.1. The molecule has 0 spiro atoms. The van der Waals surface area contributed by atoms with Gasteiger partial charge in [0.1, 0.15) is 5.82 Å². The second kappa shape index (κ2) is 8.82. The number of nitrogens with zero attached hydrogens (tertiary/aromatic N) is 2. The highest BCUT2D eigenvalue weighted by molar-refractivity contribution is 7.09. The molecule has 2 heterocycles. The van der Waals surface area contributed by atoms with Crippen LogP contribution in [0.1, 0.15) is 4.88 Å². The number of hydrogen-bond donors (Lipinski definition) is 3. The fourth-order valence-electron chi connectivity index (χ4n) is 1.71. The highest BCUT2D eigenvalue weighted by Gasteiger charge is 2.02. The van der Waals surface area contributed by atoms with Gasteiger partial charge in [-0.2, -0.15) is 0 Å². The van der Waals surface area contributed by atoms with E-state index in [-0.39, 0.29) is 0 Å². The molecule has 8 heteroatoms. The molecule has 0 aliphatic heterocycles. The van der Waals surface area contributed by atoms with Crippen LogP contribution in [0.15, 0.2) is 34.8 Å². The van der Waals surface area contributed by atoms with Gasteiger partial charge in [0, 0.05) is 31.2 Å². The molecular formula is C14H17Cl2N5S. The highest BCUT2D eigenvalue weighted by atomic mass is 35.5. The van der Waals surface area contributed by atoms with Crippen LogP contribution >= 0.6 is 34.5 Å². The van der Waals surface area contributed by atoms with Crippen molar-refractivity contribution in [1.29, 1.82) is 0 Å². The Labute approximate surface area is 143 Å². The van der Waals surface area contributed by atoms with E-state index in [1.807, 2.05) is 6.07 Å². The van der Waals surface area contributed by atoms with Gasteiger partial charge in [0.15, 0.2) is 5.96 Å². The van der Waals surface area contributed by atoms with Gasteiger partial charge in [-0.25, -0.2) is 4.98 Å². The van der Waals surface area contributed by atoms with Gasteiger partial charge in [0.25, 0.3) is 0 Å². The van der Waals surface area contributed by atoms with Gasteiger partial charge >= 0.3 is 0 Å². The number of guanidine groups is 1. The van der Waals surface area contributed by atoms with Crippen molar-refractivity contribution in [3.05, 3.63) is 44.7 Å². The molecule has 0 aliphatic carbocycles. The van der Waals surface area contributed by atoms with Crippen molar-refractivity contribution in [2.24, 2.45) is 4.99 Å². The van der Waals surface area contributed by atoms with Crippen molar-refractivity contribution < 1.29 is 0 Å². The fourth-order valence-corrected chi connectivity index (χ4v) is 2.80. The minimum Gasteiger partial charge on any atom is -0.367 e. The summed E-state index contributed by atoms with van der Waals surface area (Å²) in [6, 6.07) is 5.78. The minimum absolute atomic E-state index is 0.507. The summed E-state index contributed by atoms with van der Waals surface area (Å²) in [5.41, 5.74) is 0. The first kappa shape index (κ1) is 16.9. The van der Waals surface area contributed by atoms with Crippen molar-refractivity contribution >= 4 is 46.3 Å². The molecule has 2 aromatic heterocycles. The van der Waals surface area contributed by atoms with E-state index >= 15 is 0 Å². The van der Waals surface area contributed by atoms with Crippen LogP contribution in [0.2, 0.25) is 10.0 Å². The Bertz CT molecular complexity index is 616. The van der Waals surface area contributed by atoms with E-state index in [0.717, 1.165) is 12.5 Å². The molecule has 2 aromatic rings. The predicted molar refractivity (Wildman–Crippen MR) is 95.3 cm³/mol. The van der Waals surface area contributed by atoms with E-state index in [1.54, 1.807) is 30.6 Å². The molecule has 0 unspecified atom stereocenters. The number of hydrogen-bond acceptors (Lipinski definition) is 4. The molecule has 5 nitrogen and oxygen atoms in total. The van der Waals surface area contributed by atoms with Crippen LogP contribution < -0.4 is 16.0 Å². The normalized spacial score (nSPS) is 11.3. The summed E-state index contributed by atoms with van der Waals surface area (Å²) in [7, 11) is 1.74. The molecule has 0 aliphatic rings. The molecule has 0 saturated heterocycles. The zero-order chi connectivity index (χ0) is 15.8. The number of pyridine rings is 1. The molecule has 0 amide bonds. The maximum Gasteiger partial charge on any atom is 0.191 e. The third-order valence-electron chi connectivity index (χ3n) is 2.75. The Morgan fingerprint density at radius 2 is 2.18 bits per heavy atom. The maximum atomic E-state index is 6.04. The van der Waals surface area contributed by atoms with Gasteiger partial charge in [-0.1, -0.05) is 29.3 Å². The average Bonchev–Trinajstić information content (AvgIpc) is 3.01. The van der Waals surface area contributed by atoms with Gasteiger partial charge in [-0.3, -0.25) is 4.99 Å². The lowest BCUT2D eigenvalue weighted by atomic mass is 10.4. The van der Waals surface area contributed by atoms with Gasteiger partial charge < -0.3 is 16.0 Å². The van der Waals surface area contributed by atoms with E-state index in [1.165, 1.54) is 4.88 Å². The molecule has 2 rings (SSSR count). The number of aliphatic imine (C=N–C) groups is 1. The molecule has 0 radical (unpaired) electrons. The van der Waals surface area contributed by atoms with Crippen LogP contribution in [0, 0.1) is 0 Å². The summed E-state index contributed by atoms with van der Waals surface area (Å²) in [5.74, 6) is 1.37. The van der Waals surface area contributed by atoms with Crippen LogP contribution in [0.25, 0.3) is 0 Å². The van der Waals surface area contributed by atoms with Crippen molar-refractivity contribution in [3.8, 4) is 0 Å². The molecule has 3 N–H and O–H groups in total. The summed E-state index contributed by atoms with van der Waals surface area (Å²) < 4.78 is 0. The molecule has 0 saturated carbocycles. The van der Waals surface area contributed by atoms with Crippen molar-refractivity contribution in [1.82, 2.24) is 15.6 Å². The van der Waals surface area contributed by atoms with Crippen LogP contribution in [-0.2, 0) is 6.54 Å². The first-order valence-corrected chi connectivity index (χ1v) is 8.34. The number of thiophene rings is 1. The smallest absolute Gasteiger partial charge is 0.191 e. The lowest BCUT2D eigenvalue weighted by Crippen LogP contribution is -2.39. The Morgan fingerprint density at radius 1 is 1.32 bits per heavy atom. The monoisotopic (exact) mass is 357 g/mol. The number of nitrogens with one attached hydrogen (secondary N) is 3. The Balaban J connectivity index is 1.70. The fraction of sp³-hybridized carbons (Fsp3) is 0.286. The third-order valence-corrected chi connectivity index (χ3v) is 4.12. The van der Waals surface area contributed by atoms with E-state index in [4.69, 9.17) is 23.2 Å². The standard InChI is InChI=1S/C14H17Cl2N5S/c1-17-14(21-9-11-3-2-6-22-11)19-5-4-18-13-12(16)7-10(15)8-20-13/h2-3,6-8H,4-5,9H2,1H3,(H,18,20)(H2,17,19,21). The van der Waals surface area contributed by atoms with E-state index in [9.17, 15) is 0 Å². The summed E-state index contributed by atoms with van der Waals surface area (Å²) in [6.07, 6.45) is 1.56. The average molecular weight is 358 g/mol. The first-order chi connectivity index (χ1) is 10.7. The van der Waals surface area contributed by atoms with Crippen LogP contribution in [0.4, 0.5) is 5.82 Å². The summed E-state index contributed by atoms with van der Waals surface area (Å²) in [5, 5.41) is 12.7. The molecule has 0 atom stereocenters. The van der Waals surface area contributed by atoms with E-state index < -0.39 is 0 Å². The number of aromatic nitrogens is 1. The van der Waals surface area contributed by atoms with Gasteiger partial charge in [-0.15, -0.1) is 11.3 Å². The summed E-state index contributed by atoms with van der Waals surface area (Å²) in [6.45, 7) is 2.11. The lowest BCUT2D eigenvalue weighted by molar-refractivity contribution is 0.818. The zero-order valence-corrected chi connectivity index (χ0v) is 14.4. The predicted octanol–water partition coefficient (Wildman–Crippen LogP) is 3.23. The summed E-state index contributed by atoms with van der Waals surface area (Å²) in [4.78, 5) is 9.57. The van der Waals surface area contributed by atoms with Gasteiger partial charge in [0.05, 0.1) is 16.6 Å². The van der Waals surface area contributed by atoms with Crippen molar-refractivity contribution in [3.63, 3.8) is 0 Å². The molecule has 118 valence electrons. The lowest BCUT2D eigenvalue weighted by Gasteiger charge is -2.12. The van der Waals surface area contributed by atoms with E-state index in [2.05, 4.69) is 37.4 Å². The quantitative estimate of drug-likeness (QED) is 0.422. The SMILES string of the molecule is CN=C(NCCNc1ncc(Cl)cc1Cl)NCc1cccs1. The van der Waals surface area contributed by atoms with Crippen LogP contribution in [0.5, 0.6) is 0 Å². The number of rotatable bonds is 6. The number of halogens is 2. The van der Waals surface area contributed by atoms with Crippen molar-refractivity contribution in [2.45, 2.75) is 6.54 Å². The van der Waals surface area contributed by atoms with Crippen molar-refractivity contribution in [2.75, 3.05) is 25.5 Å².